The Hall–Kier alpha value is -2.93. The molecule has 0 radical (unpaired) electrons. The van der Waals surface area contributed by atoms with E-state index in [4.69, 9.17) is 37.6 Å². The number of carbonyl (C=O) groups excluding carboxylic acids is 1. The lowest BCUT2D eigenvalue weighted by atomic mass is 10.2. The van der Waals surface area contributed by atoms with Gasteiger partial charge in [-0.3, -0.25) is 0 Å². The normalized spacial score (nSPS) is 11.9. The van der Waals surface area contributed by atoms with E-state index in [1.54, 1.807) is 24.3 Å². The van der Waals surface area contributed by atoms with Crippen molar-refractivity contribution < 1.29 is 42.4 Å². The summed E-state index contributed by atoms with van der Waals surface area (Å²) < 4.78 is 45.4. The molecule has 0 aliphatic heterocycles. The highest BCUT2D eigenvalue weighted by molar-refractivity contribution is 6.99. The minimum absolute atomic E-state index is 0.0580. The van der Waals surface area contributed by atoms with Gasteiger partial charge in [0.1, 0.15) is 6.61 Å². The molecule has 0 saturated carbocycles. The molecule has 0 saturated heterocycles. The third-order valence-electron chi connectivity index (χ3n) is 7.29. The number of ether oxygens (including phenoxy) is 7. The smallest absolute Gasteiger partial charge is 0.338 e. The van der Waals surface area contributed by atoms with Crippen molar-refractivity contribution in [2.45, 2.75) is 25.8 Å². The first kappa shape index (κ1) is 38.5. The molecule has 0 aliphatic carbocycles. The SMILES string of the molecule is CC(C)(C)[Si](OCCOCCOCCOCCOCCOCCOCCOC(=O)c1ccccc1)(c1ccccc1)c1ccccc1. The van der Waals surface area contributed by atoms with Crippen molar-refractivity contribution in [3.8, 4) is 0 Å². The fraction of sp³-hybridized carbons (Fsp3) is 0.486. The van der Waals surface area contributed by atoms with Gasteiger partial charge in [-0.2, -0.15) is 0 Å². The first-order chi connectivity index (χ1) is 22.9. The van der Waals surface area contributed by atoms with Crippen LogP contribution < -0.4 is 10.4 Å². The molecule has 0 N–H and O–H groups in total. The summed E-state index contributed by atoms with van der Waals surface area (Å²) in [6.07, 6.45) is 0. The number of rotatable bonds is 25. The molecule has 0 spiro atoms. The summed E-state index contributed by atoms with van der Waals surface area (Å²) in [5.74, 6) is -0.353. The summed E-state index contributed by atoms with van der Waals surface area (Å²) in [6, 6.07) is 30.1. The van der Waals surface area contributed by atoms with Gasteiger partial charge in [0.15, 0.2) is 0 Å². The van der Waals surface area contributed by atoms with E-state index in [1.165, 1.54) is 10.4 Å². The zero-order chi connectivity index (χ0) is 33.5. The predicted molar refractivity (Wildman–Crippen MR) is 185 cm³/mol. The molecule has 3 aromatic carbocycles. The Morgan fingerprint density at radius 2 is 0.787 bits per heavy atom. The summed E-state index contributed by atoms with van der Waals surface area (Å²) in [5, 5.41) is 2.47. The molecule has 0 aliphatic rings. The van der Waals surface area contributed by atoms with Gasteiger partial charge in [0, 0.05) is 0 Å². The highest BCUT2D eigenvalue weighted by Gasteiger charge is 2.50. The Balaban J connectivity index is 1.12. The van der Waals surface area contributed by atoms with Gasteiger partial charge in [0.2, 0.25) is 0 Å². The Morgan fingerprint density at radius 1 is 0.468 bits per heavy atom. The number of benzene rings is 3. The average Bonchev–Trinajstić information content (AvgIpc) is 3.09. The molecular formula is C37H52O9Si. The van der Waals surface area contributed by atoms with Crippen LogP contribution in [0.15, 0.2) is 91.0 Å². The van der Waals surface area contributed by atoms with Crippen molar-refractivity contribution in [3.05, 3.63) is 96.6 Å². The van der Waals surface area contributed by atoms with Gasteiger partial charge >= 0.3 is 5.97 Å². The van der Waals surface area contributed by atoms with Crippen molar-refractivity contribution in [2.75, 3.05) is 92.5 Å². The van der Waals surface area contributed by atoms with Crippen LogP contribution in [-0.4, -0.2) is 107 Å². The second-order valence-corrected chi connectivity index (χ2v) is 16.0. The molecule has 9 nitrogen and oxygen atoms in total. The first-order valence-electron chi connectivity index (χ1n) is 16.4. The predicted octanol–water partition coefficient (Wildman–Crippen LogP) is 4.52. The summed E-state index contributed by atoms with van der Waals surface area (Å²) in [7, 11) is -2.54. The number of carbonyl (C=O) groups is 1. The van der Waals surface area contributed by atoms with E-state index in [9.17, 15) is 4.79 Å². The van der Waals surface area contributed by atoms with Crippen LogP contribution in [0.2, 0.25) is 5.04 Å². The Labute approximate surface area is 281 Å². The van der Waals surface area contributed by atoms with E-state index in [1.807, 2.05) is 6.07 Å². The monoisotopic (exact) mass is 668 g/mol. The molecule has 0 bridgehead atoms. The molecular weight excluding hydrogens is 616 g/mol. The maximum absolute atomic E-state index is 11.8. The minimum atomic E-state index is -2.54. The van der Waals surface area contributed by atoms with Crippen LogP contribution in [0.4, 0.5) is 0 Å². The van der Waals surface area contributed by atoms with Gasteiger partial charge in [-0.25, -0.2) is 4.79 Å². The van der Waals surface area contributed by atoms with Gasteiger partial charge < -0.3 is 37.6 Å². The maximum atomic E-state index is 11.8. The lowest BCUT2D eigenvalue weighted by Gasteiger charge is -2.43. The highest BCUT2D eigenvalue weighted by Crippen LogP contribution is 2.36. The zero-order valence-corrected chi connectivity index (χ0v) is 29.2. The van der Waals surface area contributed by atoms with Gasteiger partial charge in [-0.1, -0.05) is 99.6 Å². The first-order valence-corrected chi connectivity index (χ1v) is 18.3. The third-order valence-corrected chi connectivity index (χ3v) is 12.3. The van der Waals surface area contributed by atoms with Crippen LogP contribution in [0.3, 0.4) is 0 Å². The molecule has 47 heavy (non-hydrogen) atoms. The quantitative estimate of drug-likeness (QED) is 0.0735. The van der Waals surface area contributed by atoms with Crippen LogP contribution >= 0.6 is 0 Å². The van der Waals surface area contributed by atoms with E-state index in [0.717, 1.165) is 0 Å². The molecule has 0 unspecified atom stereocenters. The topological polar surface area (TPSA) is 90.9 Å². The zero-order valence-electron chi connectivity index (χ0n) is 28.2. The number of esters is 1. The minimum Gasteiger partial charge on any atom is -0.460 e. The molecule has 10 heteroatoms. The summed E-state index contributed by atoms with van der Waals surface area (Å²) in [5.41, 5.74) is 0.529. The highest BCUT2D eigenvalue weighted by atomic mass is 28.4. The van der Waals surface area contributed by atoms with Gasteiger partial charge in [-0.15, -0.1) is 0 Å². The van der Waals surface area contributed by atoms with E-state index in [2.05, 4.69) is 81.4 Å². The van der Waals surface area contributed by atoms with E-state index < -0.39 is 8.32 Å². The number of hydrogen-bond donors (Lipinski definition) is 0. The van der Waals surface area contributed by atoms with Crippen LogP contribution in [0.5, 0.6) is 0 Å². The molecule has 0 atom stereocenters. The van der Waals surface area contributed by atoms with E-state index in [-0.39, 0.29) is 17.6 Å². The van der Waals surface area contributed by atoms with Gasteiger partial charge in [0.05, 0.1) is 91.5 Å². The molecule has 3 aromatic rings. The van der Waals surface area contributed by atoms with E-state index in [0.29, 0.717) is 91.5 Å². The van der Waals surface area contributed by atoms with Crippen molar-refractivity contribution in [3.63, 3.8) is 0 Å². The third kappa shape index (κ3) is 14.0. The van der Waals surface area contributed by atoms with E-state index >= 15 is 0 Å². The van der Waals surface area contributed by atoms with Crippen LogP contribution in [0, 0.1) is 0 Å². The standard InChI is InChI=1S/C37H52O9Si/c1-37(2,3)47(34-15-9-5-10-16-34,35-17-11-6-12-18-35)46-32-30-44-28-26-42-24-22-40-20-19-39-21-23-41-25-27-43-29-31-45-36(38)33-13-7-4-8-14-33/h4-18H,19-32H2,1-3H3. The Morgan fingerprint density at radius 3 is 1.15 bits per heavy atom. The Kier molecular flexibility index (Phi) is 18.5. The van der Waals surface area contributed by atoms with Crippen molar-refractivity contribution in [1.82, 2.24) is 0 Å². The van der Waals surface area contributed by atoms with Gasteiger partial charge in [0.25, 0.3) is 8.32 Å². The molecule has 258 valence electrons. The lowest BCUT2D eigenvalue weighted by Crippen LogP contribution is -2.66. The molecule has 0 amide bonds. The van der Waals surface area contributed by atoms with Crippen molar-refractivity contribution in [2.24, 2.45) is 0 Å². The van der Waals surface area contributed by atoms with Crippen LogP contribution in [-0.2, 0) is 37.6 Å². The number of hydrogen-bond acceptors (Lipinski definition) is 9. The Bertz CT molecular complexity index is 1170. The second-order valence-electron chi connectivity index (χ2n) is 11.7. The van der Waals surface area contributed by atoms with Crippen molar-refractivity contribution >= 4 is 24.7 Å². The lowest BCUT2D eigenvalue weighted by molar-refractivity contribution is -0.0202. The van der Waals surface area contributed by atoms with Gasteiger partial charge in [-0.05, 0) is 27.5 Å². The summed E-state index contributed by atoms with van der Waals surface area (Å²) in [4.78, 5) is 11.8. The molecule has 3 rings (SSSR count). The average molecular weight is 669 g/mol. The van der Waals surface area contributed by atoms with Crippen LogP contribution in [0.25, 0.3) is 0 Å². The summed E-state index contributed by atoms with van der Waals surface area (Å²) >= 11 is 0. The largest absolute Gasteiger partial charge is 0.460 e. The fourth-order valence-corrected chi connectivity index (χ4v) is 9.61. The fourth-order valence-electron chi connectivity index (χ4n) is 5.07. The maximum Gasteiger partial charge on any atom is 0.338 e. The molecule has 0 aromatic heterocycles. The second kappa shape index (κ2) is 22.6. The molecule has 0 heterocycles. The van der Waals surface area contributed by atoms with Crippen LogP contribution in [0.1, 0.15) is 31.1 Å². The van der Waals surface area contributed by atoms with Crippen molar-refractivity contribution in [1.29, 1.82) is 0 Å². The summed E-state index contributed by atoms with van der Waals surface area (Å²) in [6.45, 7) is 13.2. The molecule has 0 fully saturated rings.